The molecule has 21 heavy (non-hydrogen) atoms. The van der Waals surface area contributed by atoms with E-state index in [9.17, 15) is 0 Å². The van der Waals surface area contributed by atoms with Crippen molar-refractivity contribution in [2.45, 2.75) is 77.8 Å². The van der Waals surface area contributed by atoms with E-state index in [1.54, 1.807) is 0 Å². The van der Waals surface area contributed by atoms with Crippen LogP contribution in [-0.4, -0.2) is 6.04 Å². The molecule has 1 nitrogen and oxygen atoms in total. The number of benzene rings is 1. The van der Waals surface area contributed by atoms with Gasteiger partial charge in [0.2, 0.25) is 0 Å². The summed E-state index contributed by atoms with van der Waals surface area (Å²) >= 11 is 0. The lowest BCUT2D eigenvalue weighted by Crippen LogP contribution is -2.42. The van der Waals surface area contributed by atoms with Crippen molar-refractivity contribution < 1.29 is 0 Å². The number of nitrogens with one attached hydrogen (secondary N) is 1. The van der Waals surface area contributed by atoms with Crippen LogP contribution in [0.4, 0.5) is 0 Å². The van der Waals surface area contributed by atoms with Crippen LogP contribution >= 0.6 is 0 Å². The van der Waals surface area contributed by atoms with E-state index in [1.807, 2.05) is 0 Å². The lowest BCUT2D eigenvalue weighted by molar-refractivity contribution is 0.207. The van der Waals surface area contributed by atoms with E-state index in [-0.39, 0.29) is 0 Å². The van der Waals surface area contributed by atoms with Crippen LogP contribution in [0.5, 0.6) is 0 Å². The Bertz CT molecular complexity index is 382. The Kier molecular flexibility index (Phi) is 6.76. The molecule has 1 fully saturated rings. The first-order valence-electron chi connectivity index (χ1n) is 9.11. The average Bonchev–Trinajstić information content (AvgIpc) is 2.56. The van der Waals surface area contributed by atoms with Crippen LogP contribution in [-0.2, 0) is 0 Å². The molecule has 3 atom stereocenters. The van der Waals surface area contributed by atoms with Crippen molar-refractivity contribution in [3.8, 4) is 0 Å². The molecule has 0 bridgehead atoms. The molecule has 0 heterocycles. The quantitative estimate of drug-likeness (QED) is 0.676. The smallest absolute Gasteiger partial charge is 0.0350 e. The molecule has 1 heteroatoms. The molecule has 1 saturated carbocycles. The Balaban J connectivity index is 2.15. The molecule has 118 valence electrons. The Labute approximate surface area is 131 Å². The topological polar surface area (TPSA) is 12.0 Å². The maximum Gasteiger partial charge on any atom is 0.0350 e. The van der Waals surface area contributed by atoms with E-state index in [4.69, 9.17) is 0 Å². The van der Waals surface area contributed by atoms with Gasteiger partial charge in [0.15, 0.2) is 0 Å². The van der Waals surface area contributed by atoms with Crippen LogP contribution in [0.25, 0.3) is 0 Å². The fourth-order valence-corrected chi connectivity index (χ4v) is 4.07. The second-order valence-corrected chi connectivity index (χ2v) is 6.69. The summed E-state index contributed by atoms with van der Waals surface area (Å²) in [4.78, 5) is 0. The van der Waals surface area contributed by atoms with Gasteiger partial charge in [-0.2, -0.15) is 0 Å². The second kappa shape index (κ2) is 8.58. The van der Waals surface area contributed by atoms with Gasteiger partial charge in [-0.25, -0.2) is 0 Å². The third-order valence-electron chi connectivity index (χ3n) is 5.51. The standard InChI is InChI=1S/C20H33N/c1-4-16(5-2)20(18-13-8-7-9-14-18)21-19-15-11-10-12-17(19)6-3/h7-9,13-14,16-17,19-21H,4-6,10-12,15H2,1-3H3. The van der Waals surface area contributed by atoms with Crippen molar-refractivity contribution in [2.75, 3.05) is 0 Å². The van der Waals surface area contributed by atoms with Crippen LogP contribution in [0.3, 0.4) is 0 Å². The largest absolute Gasteiger partial charge is 0.307 e. The van der Waals surface area contributed by atoms with E-state index in [1.165, 1.54) is 50.5 Å². The van der Waals surface area contributed by atoms with Gasteiger partial charge in [0.1, 0.15) is 0 Å². The highest BCUT2D eigenvalue weighted by atomic mass is 15.0. The lowest BCUT2D eigenvalue weighted by Gasteiger charge is -2.37. The van der Waals surface area contributed by atoms with Gasteiger partial charge >= 0.3 is 0 Å². The highest BCUT2D eigenvalue weighted by molar-refractivity contribution is 5.20. The summed E-state index contributed by atoms with van der Waals surface area (Å²) in [5.41, 5.74) is 1.48. The zero-order valence-electron chi connectivity index (χ0n) is 14.1. The van der Waals surface area contributed by atoms with Crippen LogP contribution in [0.1, 0.15) is 77.3 Å². The Morgan fingerprint density at radius 1 is 1.00 bits per heavy atom. The maximum atomic E-state index is 4.08. The molecular formula is C20H33N. The zero-order chi connectivity index (χ0) is 15.1. The fraction of sp³-hybridized carbons (Fsp3) is 0.700. The normalized spacial score (nSPS) is 24.2. The predicted molar refractivity (Wildman–Crippen MR) is 92.4 cm³/mol. The van der Waals surface area contributed by atoms with Crippen molar-refractivity contribution in [1.82, 2.24) is 5.32 Å². The van der Waals surface area contributed by atoms with Crippen LogP contribution < -0.4 is 5.32 Å². The summed E-state index contributed by atoms with van der Waals surface area (Å²) in [7, 11) is 0. The van der Waals surface area contributed by atoms with E-state index in [2.05, 4.69) is 56.4 Å². The number of hydrogen-bond acceptors (Lipinski definition) is 1. The first-order chi connectivity index (χ1) is 10.3. The van der Waals surface area contributed by atoms with E-state index in [0.717, 1.165) is 17.9 Å². The van der Waals surface area contributed by atoms with Crippen molar-refractivity contribution in [1.29, 1.82) is 0 Å². The summed E-state index contributed by atoms with van der Waals surface area (Å²) in [6.45, 7) is 7.03. The molecule has 1 aliphatic rings. The highest BCUT2D eigenvalue weighted by Crippen LogP contribution is 2.33. The molecule has 2 rings (SSSR count). The molecule has 1 aliphatic carbocycles. The third kappa shape index (κ3) is 4.32. The van der Waals surface area contributed by atoms with E-state index >= 15 is 0 Å². The van der Waals surface area contributed by atoms with E-state index in [0.29, 0.717) is 6.04 Å². The van der Waals surface area contributed by atoms with Gasteiger partial charge in [0, 0.05) is 12.1 Å². The monoisotopic (exact) mass is 287 g/mol. The summed E-state index contributed by atoms with van der Waals surface area (Å²) in [6.07, 6.45) is 9.44. The maximum absolute atomic E-state index is 4.08. The average molecular weight is 287 g/mol. The number of hydrogen-bond donors (Lipinski definition) is 1. The molecule has 0 radical (unpaired) electrons. The summed E-state index contributed by atoms with van der Waals surface area (Å²) in [5.74, 6) is 1.62. The molecular weight excluding hydrogens is 254 g/mol. The Morgan fingerprint density at radius 3 is 2.29 bits per heavy atom. The number of rotatable bonds is 7. The van der Waals surface area contributed by atoms with Gasteiger partial charge in [0.25, 0.3) is 0 Å². The third-order valence-corrected chi connectivity index (χ3v) is 5.51. The molecule has 3 unspecified atom stereocenters. The molecule has 0 saturated heterocycles. The first-order valence-corrected chi connectivity index (χ1v) is 9.11. The van der Waals surface area contributed by atoms with Gasteiger partial charge < -0.3 is 5.32 Å². The molecule has 0 aliphatic heterocycles. The van der Waals surface area contributed by atoms with Gasteiger partial charge in [0.05, 0.1) is 0 Å². The molecule has 1 aromatic rings. The van der Waals surface area contributed by atoms with Crippen molar-refractivity contribution in [3.63, 3.8) is 0 Å². The molecule has 1 aromatic carbocycles. The zero-order valence-corrected chi connectivity index (χ0v) is 14.1. The summed E-state index contributed by atoms with van der Waals surface area (Å²) < 4.78 is 0. The van der Waals surface area contributed by atoms with Crippen LogP contribution in [0.2, 0.25) is 0 Å². The van der Waals surface area contributed by atoms with Crippen LogP contribution in [0.15, 0.2) is 30.3 Å². The molecule has 0 aromatic heterocycles. The second-order valence-electron chi connectivity index (χ2n) is 6.69. The van der Waals surface area contributed by atoms with Gasteiger partial charge in [-0.05, 0) is 30.2 Å². The minimum absolute atomic E-state index is 0.526. The van der Waals surface area contributed by atoms with Crippen molar-refractivity contribution >= 4 is 0 Å². The SMILES string of the molecule is CCC1CCCCC1NC(c1ccccc1)C(CC)CC. The van der Waals surface area contributed by atoms with Crippen molar-refractivity contribution in [3.05, 3.63) is 35.9 Å². The van der Waals surface area contributed by atoms with Gasteiger partial charge in [-0.15, -0.1) is 0 Å². The lowest BCUT2D eigenvalue weighted by atomic mass is 9.80. The van der Waals surface area contributed by atoms with E-state index < -0.39 is 0 Å². The first kappa shape index (κ1) is 16.5. The van der Waals surface area contributed by atoms with Gasteiger partial charge in [-0.1, -0.05) is 83.2 Å². The predicted octanol–water partition coefficient (Wildman–Crippen LogP) is 5.72. The Hall–Kier alpha value is -0.820. The fourth-order valence-electron chi connectivity index (χ4n) is 4.07. The molecule has 0 amide bonds. The summed E-state index contributed by atoms with van der Waals surface area (Å²) in [5, 5.41) is 4.08. The van der Waals surface area contributed by atoms with Crippen molar-refractivity contribution in [2.24, 2.45) is 11.8 Å². The minimum Gasteiger partial charge on any atom is -0.307 e. The minimum atomic E-state index is 0.526. The van der Waals surface area contributed by atoms with Crippen LogP contribution in [0, 0.1) is 11.8 Å². The molecule has 1 N–H and O–H groups in total. The van der Waals surface area contributed by atoms with Gasteiger partial charge in [-0.3, -0.25) is 0 Å². The Morgan fingerprint density at radius 2 is 1.67 bits per heavy atom. The highest BCUT2D eigenvalue weighted by Gasteiger charge is 2.28. The molecule has 0 spiro atoms. The summed E-state index contributed by atoms with van der Waals surface area (Å²) in [6, 6.07) is 12.4.